The van der Waals surface area contributed by atoms with Crippen LogP contribution in [-0.2, 0) is 12.8 Å². The van der Waals surface area contributed by atoms with E-state index in [0.29, 0.717) is 17.6 Å². The number of halogens is 1. The van der Waals surface area contributed by atoms with Crippen LogP contribution < -0.4 is 0 Å². The zero-order chi connectivity index (χ0) is 16.7. The second-order valence-corrected chi connectivity index (χ2v) is 7.08. The number of rotatable bonds is 3. The van der Waals surface area contributed by atoms with Gasteiger partial charge in [0.05, 0.1) is 0 Å². The van der Waals surface area contributed by atoms with Gasteiger partial charge in [-0.3, -0.25) is 0 Å². The zero-order valence-electron chi connectivity index (χ0n) is 14.1. The molecule has 2 aromatic rings. The smallest absolute Gasteiger partial charge is 0.157 e. The molecule has 25 heavy (non-hydrogen) atoms. The largest absolute Gasteiger partial charge is 0.508 e. The van der Waals surface area contributed by atoms with Gasteiger partial charge < -0.3 is 20.2 Å². The van der Waals surface area contributed by atoms with Gasteiger partial charge >= 0.3 is 0 Å². The van der Waals surface area contributed by atoms with E-state index in [1.54, 1.807) is 18.2 Å². The Morgan fingerprint density at radius 2 is 1.72 bits per heavy atom. The SMILES string of the molecule is Br.Oc1cc2c(cc1O)C1CN(CCc3ccccc3O)CC1CC2. The minimum atomic E-state index is -0.0124. The van der Waals surface area contributed by atoms with Crippen molar-refractivity contribution < 1.29 is 15.3 Å². The van der Waals surface area contributed by atoms with Crippen molar-refractivity contribution in [1.82, 2.24) is 4.90 Å². The molecule has 0 spiro atoms. The first-order valence-corrected chi connectivity index (χ1v) is 8.66. The number of likely N-dealkylation sites (tertiary alicyclic amines) is 1. The van der Waals surface area contributed by atoms with Crippen molar-refractivity contribution in [3.63, 3.8) is 0 Å². The summed E-state index contributed by atoms with van der Waals surface area (Å²) in [5, 5.41) is 29.5. The summed E-state index contributed by atoms with van der Waals surface area (Å²) in [7, 11) is 0. The summed E-state index contributed by atoms with van der Waals surface area (Å²) in [5.41, 5.74) is 3.37. The standard InChI is InChI=1S/C20H23NO3.BrH/c22-18-4-2-1-3-13(18)7-8-21-11-15-6-5-14-9-19(23)20(24)10-16(14)17(15)12-21;/h1-4,9-10,15,17,22-24H,5-8,11-12H2;1H. The van der Waals surface area contributed by atoms with Crippen LogP contribution in [0.5, 0.6) is 17.2 Å². The van der Waals surface area contributed by atoms with E-state index in [1.165, 1.54) is 11.1 Å². The monoisotopic (exact) mass is 405 g/mol. The Labute approximate surface area is 158 Å². The lowest BCUT2D eigenvalue weighted by atomic mass is 9.77. The molecular weight excluding hydrogens is 382 g/mol. The molecule has 2 atom stereocenters. The summed E-state index contributed by atoms with van der Waals surface area (Å²) in [6.45, 7) is 2.98. The molecule has 134 valence electrons. The molecule has 0 saturated carbocycles. The van der Waals surface area contributed by atoms with Gasteiger partial charge in [0.15, 0.2) is 11.5 Å². The highest BCUT2D eigenvalue weighted by atomic mass is 79.9. The zero-order valence-corrected chi connectivity index (χ0v) is 15.8. The minimum Gasteiger partial charge on any atom is -0.508 e. The third kappa shape index (κ3) is 3.48. The lowest BCUT2D eigenvalue weighted by Gasteiger charge is -2.27. The third-order valence-corrected chi connectivity index (χ3v) is 5.63. The molecule has 2 unspecified atom stereocenters. The van der Waals surface area contributed by atoms with Gasteiger partial charge in [-0.15, -0.1) is 17.0 Å². The minimum absolute atomic E-state index is 0. The van der Waals surface area contributed by atoms with E-state index in [9.17, 15) is 15.3 Å². The molecule has 1 aliphatic heterocycles. The van der Waals surface area contributed by atoms with Crippen LogP contribution in [-0.4, -0.2) is 39.9 Å². The summed E-state index contributed by atoms with van der Waals surface area (Å²) in [6.07, 6.45) is 2.95. The van der Waals surface area contributed by atoms with Crippen molar-refractivity contribution in [2.75, 3.05) is 19.6 Å². The van der Waals surface area contributed by atoms with E-state index in [2.05, 4.69) is 4.90 Å². The van der Waals surface area contributed by atoms with Crippen molar-refractivity contribution in [1.29, 1.82) is 0 Å². The lowest BCUT2D eigenvalue weighted by Crippen LogP contribution is -2.23. The number of nitrogens with zero attached hydrogens (tertiary/aromatic N) is 1. The van der Waals surface area contributed by atoms with E-state index >= 15 is 0 Å². The van der Waals surface area contributed by atoms with E-state index < -0.39 is 0 Å². The molecule has 4 nitrogen and oxygen atoms in total. The van der Waals surface area contributed by atoms with Crippen LogP contribution in [0.1, 0.15) is 29.0 Å². The second-order valence-electron chi connectivity index (χ2n) is 7.08. The molecule has 3 N–H and O–H groups in total. The molecule has 0 amide bonds. The summed E-state index contributed by atoms with van der Waals surface area (Å²) in [4.78, 5) is 2.46. The van der Waals surface area contributed by atoms with E-state index in [4.69, 9.17) is 0 Å². The summed E-state index contributed by atoms with van der Waals surface area (Å²) in [6, 6.07) is 11.0. The number of para-hydroxylation sites is 1. The molecule has 1 heterocycles. The first-order valence-electron chi connectivity index (χ1n) is 8.66. The Morgan fingerprint density at radius 3 is 2.52 bits per heavy atom. The Kier molecular flexibility index (Phi) is 5.25. The Morgan fingerprint density at radius 1 is 0.960 bits per heavy atom. The maximum atomic E-state index is 9.91. The van der Waals surface area contributed by atoms with Crippen molar-refractivity contribution in [2.45, 2.75) is 25.2 Å². The highest BCUT2D eigenvalue weighted by molar-refractivity contribution is 8.93. The number of benzene rings is 2. The van der Waals surface area contributed by atoms with Crippen LogP contribution in [0.4, 0.5) is 0 Å². The Hall–Kier alpha value is -1.72. The summed E-state index contributed by atoms with van der Waals surface area (Å²) >= 11 is 0. The first kappa shape index (κ1) is 18.1. The fourth-order valence-corrected chi connectivity index (χ4v) is 4.33. The quantitative estimate of drug-likeness (QED) is 0.682. The highest BCUT2D eigenvalue weighted by Gasteiger charge is 2.37. The number of hydrogen-bond acceptors (Lipinski definition) is 4. The number of aryl methyl sites for hydroxylation is 1. The van der Waals surface area contributed by atoms with Crippen molar-refractivity contribution >= 4 is 17.0 Å². The van der Waals surface area contributed by atoms with E-state index in [-0.39, 0.29) is 28.5 Å². The molecule has 2 aliphatic rings. The Bertz CT molecular complexity index is 765. The van der Waals surface area contributed by atoms with E-state index in [0.717, 1.165) is 44.5 Å². The van der Waals surface area contributed by atoms with Crippen molar-refractivity contribution in [3.05, 3.63) is 53.1 Å². The van der Waals surface area contributed by atoms with Gasteiger partial charge in [0.25, 0.3) is 0 Å². The number of phenols is 3. The fourth-order valence-electron chi connectivity index (χ4n) is 4.33. The number of phenolic OH excluding ortho intramolecular Hbond substituents is 3. The molecule has 5 heteroatoms. The van der Waals surface area contributed by atoms with Crippen molar-refractivity contribution in [3.8, 4) is 17.2 Å². The average molecular weight is 406 g/mol. The van der Waals surface area contributed by atoms with Gasteiger partial charge in [-0.05, 0) is 60.1 Å². The lowest BCUT2D eigenvalue weighted by molar-refractivity contribution is 0.323. The second kappa shape index (κ2) is 7.26. The van der Waals surface area contributed by atoms with Crippen LogP contribution >= 0.6 is 17.0 Å². The molecular formula is C20H24BrNO3. The summed E-state index contributed by atoms with van der Waals surface area (Å²) in [5.74, 6) is 1.40. The first-order chi connectivity index (χ1) is 11.6. The molecule has 1 saturated heterocycles. The molecule has 2 aromatic carbocycles. The fraction of sp³-hybridized carbons (Fsp3) is 0.400. The topological polar surface area (TPSA) is 63.9 Å². The van der Waals surface area contributed by atoms with Crippen LogP contribution in [0, 0.1) is 5.92 Å². The van der Waals surface area contributed by atoms with Gasteiger partial charge in [0.1, 0.15) is 5.75 Å². The van der Waals surface area contributed by atoms with Crippen LogP contribution in [0.25, 0.3) is 0 Å². The number of aromatic hydroxyl groups is 3. The van der Waals surface area contributed by atoms with Gasteiger partial charge in [0.2, 0.25) is 0 Å². The predicted octanol–water partition coefficient (Wildman–Crippen LogP) is 3.59. The number of hydrogen-bond donors (Lipinski definition) is 3. The molecule has 1 aliphatic carbocycles. The van der Waals surface area contributed by atoms with Crippen LogP contribution in [0.3, 0.4) is 0 Å². The molecule has 0 radical (unpaired) electrons. The summed E-state index contributed by atoms with van der Waals surface area (Å²) < 4.78 is 0. The predicted molar refractivity (Wildman–Crippen MR) is 103 cm³/mol. The maximum absolute atomic E-state index is 9.91. The molecule has 4 rings (SSSR count). The normalized spacial score (nSPS) is 22.1. The highest BCUT2D eigenvalue weighted by Crippen LogP contribution is 2.44. The van der Waals surface area contributed by atoms with Gasteiger partial charge in [0, 0.05) is 25.6 Å². The van der Waals surface area contributed by atoms with E-state index in [1.807, 2.05) is 18.2 Å². The third-order valence-electron chi connectivity index (χ3n) is 5.63. The molecule has 0 bridgehead atoms. The van der Waals surface area contributed by atoms with Gasteiger partial charge in [-0.2, -0.15) is 0 Å². The van der Waals surface area contributed by atoms with Crippen LogP contribution in [0.2, 0.25) is 0 Å². The van der Waals surface area contributed by atoms with Crippen LogP contribution in [0.15, 0.2) is 36.4 Å². The Balaban J connectivity index is 0.00000182. The number of fused-ring (bicyclic) bond motifs is 3. The molecule has 1 fully saturated rings. The maximum Gasteiger partial charge on any atom is 0.157 e. The van der Waals surface area contributed by atoms with Gasteiger partial charge in [-0.1, -0.05) is 18.2 Å². The molecule has 0 aromatic heterocycles. The average Bonchev–Trinajstić information content (AvgIpc) is 2.99. The van der Waals surface area contributed by atoms with Gasteiger partial charge in [-0.25, -0.2) is 0 Å². The van der Waals surface area contributed by atoms with Crippen molar-refractivity contribution in [2.24, 2.45) is 5.92 Å².